The summed E-state index contributed by atoms with van der Waals surface area (Å²) in [5.41, 5.74) is 6.31. The molecular weight excluding hydrogens is 194 g/mol. The highest BCUT2D eigenvalue weighted by Crippen LogP contribution is 2.05. The number of ether oxygens (including phenoxy) is 1. The minimum absolute atomic E-state index is 0.175. The van der Waals surface area contributed by atoms with Crippen molar-refractivity contribution < 1.29 is 9.53 Å². The molecule has 1 heterocycles. The number of carbonyl (C=O) groups excluding carboxylic acids is 1. The third-order valence-electron chi connectivity index (χ3n) is 1.89. The maximum Gasteiger partial charge on any atom is 0.236 e. The lowest BCUT2D eigenvalue weighted by Crippen LogP contribution is -2.37. The minimum atomic E-state index is -0.490. The predicted octanol–water partition coefficient (Wildman–Crippen LogP) is 0.0536. The molecule has 0 spiro atoms. The third kappa shape index (κ3) is 3.55. The molecule has 0 saturated heterocycles. The number of hydrogen-bond donors (Lipinski definition) is 2. The largest absolute Gasteiger partial charge is 0.481 e. The Balaban J connectivity index is 2.47. The van der Waals surface area contributed by atoms with E-state index in [1.807, 2.05) is 6.07 Å². The first-order valence-corrected chi connectivity index (χ1v) is 4.65. The number of pyridine rings is 1. The van der Waals surface area contributed by atoms with Crippen LogP contribution in [0.2, 0.25) is 0 Å². The number of aromatic nitrogens is 1. The zero-order valence-corrected chi connectivity index (χ0v) is 8.86. The van der Waals surface area contributed by atoms with Gasteiger partial charge in [-0.1, -0.05) is 6.07 Å². The van der Waals surface area contributed by atoms with Crippen LogP contribution in [0.5, 0.6) is 5.88 Å². The van der Waals surface area contributed by atoms with E-state index in [1.165, 1.54) is 0 Å². The monoisotopic (exact) mass is 209 g/mol. The lowest BCUT2D eigenvalue weighted by Gasteiger charge is -2.07. The van der Waals surface area contributed by atoms with Gasteiger partial charge in [-0.2, -0.15) is 0 Å². The van der Waals surface area contributed by atoms with E-state index in [-0.39, 0.29) is 5.91 Å². The van der Waals surface area contributed by atoms with Gasteiger partial charge in [-0.3, -0.25) is 4.79 Å². The van der Waals surface area contributed by atoms with Crippen LogP contribution in [-0.4, -0.2) is 24.0 Å². The molecule has 0 aliphatic carbocycles. The van der Waals surface area contributed by atoms with E-state index in [1.54, 1.807) is 26.3 Å². The van der Waals surface area contributed by atoms with Crippen LogP contribution >= 0.6 is 0 Å². The van der Waals surface area contributed by atoms with E-state index >= 15 is 0 Å². The SMILES string of the molecule is COc1ccc(CNC(=O)[C@H](C)N)cn1. The molecule has 5 heteroatoms. The van der Waals surface area contributed by atoms with Crippen LogP contribution in [0, 0.1) is 0 Å². The number of nitrogens with zero attached hydrogens (tertiary/aromatic N) is 1. The van der Waals surface area contributed by atoms with Crippen molar-refractivity contribution in [2.24, 2.45) is 5.73 Å². The van der Waals surface area contributed by atoms with Crippen LogP contribution in [0.1, 0.15) is 12.5 Å². The summed E-state index contributed by atoms with van der Waals surface area (Å²) in [5, 5.41) is 2.69. The average Bonchev–Trinajstić information content (AvgIpc) is 2.26. The quantitative estimate of drug-likeness (QED) is 0.734. The fourth-order valence-corrected chi connectivity index (χ4v) is 0.986. The molecule has 0 radical (unpaired) electrons. The molecule has 5 nitrogen and oxygen atoms in total. The smallest absolute Gasteiger partial charge is 0.236 e. The molecule has 3 N–H and O–H groups in total. The van der Waals surface area contributed by atoms with Crippen molar-refractivity contribution in [1.82, 2.24) is 10.3 Å². The summed E-state index contributed by atoms with van der Waals surface area (Å²) in [6.45, 7) is 2.07. The van der Waals surface area contributed by atoms with Gasteiger partial charge in [0.05, 0.1) is 13.2 Å². The third-order valence-corrected chi connectivity index (χ3v) is 1.89. The normalized spacial score (nSPS) is 11.9. The van der Waals surface area contributed by atoms with Gasteiger partial charge in [0.2, 0.25) is 11.8 Å². The second-order valence-electron chi connectivity index (χ2n) is 3.22. The van der Waals surface area contributed by atoms with Crippen LogP contribution in [0.25, 0.3) is 0 Å². The number of rotatable bonds is 4. The maximum absolute atomic E-state index is 11.2. The highest BCUT2D eigenvalue weighted by Gasteiger charge is 2.06. The standard InChI is InChI=1S/C10H15N3O2/c1-7(11)10(14)13-6-8-3-4-9(15-2)12-5-8/h3-5,7H,6,11H2,1-2H3,(H,13,14)/t7-/m0/s1. The number of nitrogens with two attached hydrogens (primary N) is 1. The summed E-state index contributed by atoms with van der Waals surface area (Å²) in [4.78, 5) is 15.2. The Hall–Kier alpha value is -1.62. The highest BCUT2D eigenvalue weighted by molar-refractivity contribution is 5.80. The van der Waals surface area contributed by atoms with Crippen molar-refractivity contribution in [3.63, 3.8) is 0 Å². The Bertz CT molecular complexity index is 322. The van der Waals surface area contributed by atoms with Gasteiger partial charge in [-0.15, -0.1) is 0 Å². The molecule has 0 aromatic carbocycles. The summed E-state index contributed by atoms with van der Waals surface area (Å²) >= 11 is 0. The van der Waals surface area contributed by atoms with Gasteiger partial charge in [-0.05, 0) is 12.5 Å². The zero-order chi connectivity index (χ0) is 11.3. The number of amides is 1. The maximum atomic E-state index is 11.2. The summed E-state index contributed by atoms with van der Waals surface area (Å²) < 4.78 is 4.91. The molecule has 1 rings (SSSR count). The molecule has 0 unspecified atom stereocenters. The van der Waals surface area contributed by atoms with Crippen molar-refractivity contribution in [1.29, 1.82) is 0 Å². The molecule has 1 aromatic heterocycles. The molecule has 15 heavy (non-hydrogen) atoms. The van der Waals surface area contributed by atoms with E-state index < -0.39 is 6.04 Å². The van der Waals surface area contributed by atoms with Crippen molar-refractivity contribution >= 4 is 5.91 Å². The van der Waals surface area contributed by atoms with Gasteiger partial charge < -0.3 is 15.8 Å². The lowest BCUT2D eigenvalue weighted by molar-refractivity contribution is -0.122. The Morgan fingerprint density at radius 1 is 1.67 bits per heavy atom. The van der Waals surface area contributed by atoms with E-state index in [0.29, 0.717) is 12.4 Å². The highest BCUT2D eigenvalue weighted by atomic mass is 16.5. The molecule has 0 fully saturated rings. The number of carbonyl (C=O) groups is 1. The number of hydrogen-bond acceptors (Lipinski definition) is 4. The fraction of sp³-hybridized carbons (Fsp3) is 0.400. The zero-order valence-electron chi connectivity index (χ0n) is 8.86. The van der Waals surface area contributed by atoms with Crippen LogP contribution < -0.4 is 15.8 Å². The van der Waals surface area contributed by atoms with Gasteiger partial charge >= 0.3 is 0 Å². The second kappa shape index (κ2) is 5.31. The average molecular weight is 209 g/mol. The summed E-state index contributed by atoms with van der Waals surface area (Å²) in [5.74, 6) is 0.378. The van der Waals surface area contributed by atoms with Crippen molar-refractivity contribution in [2.45, 2.75) is 19.5 Å². The molecule has 0 aliphatic rings. The van der Waals surface area contributed by atoms with Gasteiger partial charge in [-0.25, -0.2) is 4.98 Å². The summed E-state index contributed by atoms with van der Waals surface area (Å²) in [7, 11) is 1.56. The van der Waals surface area contributed by atoms with Gasteiger partial charge in [0.1, 0.15) is 0 Å². The minimum Gasteiger partial charge on any atom is -0.481 e. The molecule has 82 valence electrons. The molecule has 1 aromatic rings. The van der Waals surface area contributed by atoms with E-state index in [4.69, 9.17) is 10.5 Å². The van der Waals surface area contributed by atoms with Crippen LogP contribution in [0.15, 0.2) is 18.3 Å². The van der Waals surface area contributed by atoms with Crippen molar-refractivity contribution in [3.05, 3.63) is 23.9 Å². The van der Waals surface area contributed by atoms with Crippen LogP contribution in [-0.2, 0) is 11.3 Å². The molecule has 0 saturated carbocycles. The summed E-state index contributed by atoms with van der Waals surface area (Å²) in [6.07, 6.45) is 1.65. The lowest BCUT2D eigenvalue weighted by atomic mass is 10.2. The second-order valence-corrected chi connectivity index (χ2v) is 3.22. The summed E-state index contributed by atoms with van der Waals surface area (Å²) in [6, 6.07) is 3.09. The van der Waals surface area contributed by atoms with E-state index in [0.717, 1.165) is 5.56 Å². The number of methoxy groups -OCH3 is 1. The first kappa shape index (κ1) is 11.5. The van der Waals surface area contributed by atoms with Crippen molar-refractivity contribution in [3.8, 4) is 5.88 Å². The van der Waals surface area contributed by atoms with Crippen LogP contribution in [0.3, 0.4) is 0 Å². The Labute approximate surface area is 88.6 Å². The van der Waals surface area contributed by atoms with Crippen LogP contribution in [0.4, 0.5) is 0 Å². The molecule has 1 amide bonds. The molecule has 1 atom stereocenters. The van der Waals surface area contributed by atoms with E-state index in [9.17, 15) is 4.79 Å². The first-order valence-electron chi connectivity index (χ1n) is 4.65. The number of nitrogens with one attached hydrogen (secondary N) is 1. The van der Waals surface area contributed by atoms with Gasteiger partial charge in [0.15, 0.2) is 0 Å². The Morgan fingerprint density at radius 2 is 2.40 bits per heavy atom. The fourth-order valence-electron chi connectivity index (χ4n) is 0.986. The van der Waals surface area contributed by atoms with Gasteiger partial charge in [0, 0.05) is 18.8 Å². The van der Waals surface area contributed by atoms with Gasteiger partial charge in [0.25, 0.3) is 0 Å². The topological polar surface area (TPSA) is 77.2 Å². The van der Waals surface area contributed by atoms with E-state index in [2.05, 4.69) is 10.3 Å². The molecule has 0 bridgehead atoms. The predicted molar refractivity (Wildman–Crippen MR) is 56.3 cm³/mol. The Kier molecular flexibility index (Phi) is 4.05. The molecular formula is C10H15N3O2. The Morgan fingerprint density at radius 3 is 2.87 bits per heavy atom. The molecule has 0 aliphatic heterocycles. The van der Waals surface area contributed by atoms with Crippen molar-refractivity contribution in [2.75, 3.05) is 7.11 Å². The first-order chi connectivity index (χ1) is 7.13.